The van der Waals surface area contributed by atoms with Gasteiger partial charge in [0, 0.05) is 25.7 Å². The summed E-state index contributed by atoms with van der Waals surface area (Å²) in [6.45, 7) is 15.4. The molecule has 0 aliphatic rings. The van der Waals surface area contributed by atoms with E-state index in [4.69, 9.17) is 0 Å². The Kier molecular flexibility index (Phi) is 25.4. The first kappa shape index (κ1) is 22.4. The summed E-state index contributed by atoms with van der Waals surface area (Å²) in [4.78, 5) is 11.5. The van der Waals surface area contributed by atoms with Crippen molar-refractivity contribution in [2.75, 3.05) is 7.05 Å². The van der Waals surface area contributed by atoms with Crippen LogP contribution < -0.4 is 0 Å². The van der Waals surface area contributed by atoms with Crippen molar-refractivity contribution >= 4 is 6.21 Å². The normalized spacial score (nSPS) is 9.11. The fraction of sp³-hybridized carbons (Fsp3) is 0.438. The molecule has 1 rings (SSSR count). The molecular weight excluding hydrogens is 234 g/mol. The summed E-state index contributed by atoms with van der Waals surface area (Å²) in [5.74, 6) is 0.822. The van der Waals surface area contributed by atoms with Gasteiger partial charge in [0.25, 0.3) is 0 Å². The maximum Gasteiger partial charge on any atom is 0.125 e. The van der Waals surface area contributed by atoms with Crippen LogP contribution in [0.1, 0.15) is 40.4 Å². The van der Waals surface area contributed by atoms with Crippen molar-refractivity contribution in [3.63, 3.8) is 0 Å². The molecule has 0 aliphatic heterocycles. The lowest BCUT2D eigenvalue weighted by atomic mass is 10.3. The number of hydrogen-bond acceptors (Lipinski definition) is 3. The Morgan fingerprint density at radius 1 is 1.16 bits per heavy atom. The molecule has 19 heavy (non-hydrogen) atoms. The van der Waals surface area contributed by atoms with E-state index in [0.717, 1.165) is 11.4 Å². The summed E-state index contributed by atoms with van der Waals surface area (Å²) in [5.41, 5.74) is 1.13. The van der Waals surface area contributed by atoms with E-state index in [9.17, 15) is 0 Å². The molecule has 0 amide bonds. The molecule has 0 radical (unpaired) electrons. The van der Waals surface area contributed by atoms with Gasteiger partial charge in [0.15, 0.2) is 0 Å². The zero-order valence-electron chi connectivity index (χ0n) is 13.5. The number of rotatable bonds is 2. The van der Waals surface area contributed by atoms with Gasteiger partial charge in [0.2, 0.25) is 0 Å². The second-order valence-corrected chi connectivity index (χ2v) is 2.83. The van der Waals surface area contributed by atoms with E-state index in [0.29, 0.717) is 0 Å². The minimum atomic E-state index is 0.822. The van der Waals surface area contributed by atoms with E-state index >= 15 is 0 Å². The van der Waals surface area contributed by atoms with Crippen LogP contribution in [0, 0.1) is 6.92 Å². The lowest BCUT2D eigenvalue weighted by Gasteiger charge is -1.81. The number of aromatic nitrogens is 2. The van der Waals surface area contributed by atoms with Gasteiger partial charge < -0.3 is 0 Å². The first-order valence-corrected chi connectivity index (χ1v) is 6.65. The Morgan fingerprint density at radius 2 is 1.63 bits per heavy atom. The molecule has 0 fully saturated rings. The third-order valence-corrected chi connectivity index (χ3v) is 1.41. The van der Waals surface area contributed by atoms with Gasteiger partial charge in [-0.1, -0.05) is 46.4 Å². The summed E-state index contributed by atoms with van der Waals surface area (Å²) < 4.78 is 0. The first-order valence-electron chi connectivity index (χ1n) is 6.65. The van der Waals surface area contributed by atoms with Gasteiger partial charge >= 0.3 is 0 Å². The molecule has 1 aromatic heterocycles. The van der Waals surface area contributed by atoms with Gasteiger partial charge in [-0.3, -0.25) is 4.99 Å². The zero-order valence-corrected chi connectivity index (χ0v) is 13.5. The molecule has 0 bridgehead atoms. The summed E-state index contributed by atoms with van der Waals surface area (Å²) in [6, 6.07) is 1.80. The van der Waals surface area contributed by atoms with Gasteiger partial charge in [-0.2, -0.15) is 0 Å². The Labute approximate surface area is 119 Å². The third kappa shape index (κ3) is 22.0. The quantitative estimate of drug-likeness (QED) is 0.575. The first-order chi connectivity index (χ1) is 9.20. The standard InChI is InChI=1S/C7H11N.C5H6N2.2C2H6/c1-4-5-7(2)6-8-3;1-5-6-3-2-4-7-5;2*1-2/h4-6H,1H2,2-3H3;2-4H,1H3;2*1-2H3/b7-5-,8-6?;;;. The minimum Gasteiger partial charge on any atom is -0.296 e. The average Bonchev–Trinajstić information content (AvgIpc) is 2.45. The van der Waals surface area contributed by atoms with Crippen molar-refractivity contribution in [1.82, 2.24) is 9.97 Å². The van der Waals surface area contributed by atoms with Gasteiger partial charge in [0.1, 0.15) is 5.82 Å². The largest absolute Gasteiger partial charge is 0.296 e. The molecule has 0 atom stereocenters. The highest BCUT2D eigenvalue weighted by Gasteiger charge is 1.74. The smallest absolute Gasteiger partial charge is 0.125 e. The van der Waals surface area contributed by atoms with Gasteiger partial charge in [-0.05, 0) is 25.5 Å². The number of hydrogen-bond donors (Lipinski definition) is 0. The highest BCUT2D eigenvalue weighted by molar-refractivity contribution is 5.77. The Morgan fingerprint density at radius 3 is 1.89 bits per heavy atom. The van der Waals surface area contributed by atoms with Crippen LogP contribution in [-0.4, -0.2) is 23.2 Å². The molecule has 0 N–H and O–H groups in total. The molecule has 0 unspecified atom stereocenters. The fourth-order valence-electron chi connectivity index (χ4n) is 0.806. The van der Waals surface area contributed by atoms with Crippen LogP contribution in [0.3, 0.4) is 0 Å². The molecular formula is C16H29N3. The molecule has 0 aromatic carbocycles. The van der Waals surface area contributed by atoms with E-state index in [2.05, 4.69) is 21.5 Å². The van der Waals surface area contributed by atoms with Crippen LogP contribution >= 0.6 is 0 Å². The lowest BCUT2D eigenvalue weighted by molar-refractivity contribution is 1.05. The van der Waals surface area contributed by atoms with E-state index in [1.165, 1.54) is 0 Å². The Hall–Kier alpha value is -1.77. The number of allylic oxidation sites excluding steroid dienone is 3. The highest BCUT2D eigenvalue weighted by Crippen LogP contribution is 1.85. The summed E-state index contributed by atoms with van der Waals surface area (Å²) in [7, 11) is 1.75. The van der Waals surface area contributed by atoms with E-state index in [1.807, 2.05) is 47.6 Å². The highest BCUT2D eigenvalue weighted by atomic mass is 14.8. The molecule has 1 heterocycles. The zero-order chi connectivity index (χ0) is 15.5. The molecule has 3 heteroatoms. The molecule has 3 nitrogen and oxygen atoms in total. The van der Waals surface area contributed by atoms with Crippen molar-refractivity contribution in [3.05, 3.63) is 48.6 Å². The van der Waals surface area contributed by atoms with Gasteiger partial charge in [-0.25, -0.2) is 9.97 Å². The van der Waals surface area contributed by atoms with E-state index < -0.39 is 0 Å². The Bertz CT molecular complexity index is 327. The summed E-state index contributed by atoms with van der Waals surface area (Å²) in [5, 5.41) is 0. The van der Waals surface area contributed by atoms with Crippen molar-refractivity contribution in [2.45, 2.75) is 41.5 Å². The molecule has 0 saturated heterocycles. The summed E-state index contributed by atoms with van der Waals surface area (Å²) in [6.07, 6.45) is 8.90. The maximum atomic E-state index is 3.87. The van der Waals surface area contributed by atoms with Gasteiger partial charge in [0.05, 0.1) is 0 Å². The molecule has 0 aliphatic carbocycles. The van der Waals surface area contributed by atoms with Crippen molar-refractivity contribution in [2.24, 2.45) is 4.99 Å². The Balaban J connectivity index is -0.000000214. The van der Waals surface area contributed by atoms with Gasteiger partial charge in [-0.15, -0.1) is 0 Å². The molecule has 0 saturated carbocycles. The fourth-order valence-corrected chi connectivity index (χ4v) is 0.806. The van der Waals surface area contributed by atoms with Crippen LogP contribution in [0.2, 0.25) is 0 Å². The molecule has 0 spiro atoms. The predicted octanol–water partition coefficient (Wildman–Crippen LogP) is 4.66. The van der Waals surface area contributed by atoms with Crippen LogP contribution in [0.25, 0.3) is 0 Å². The van der Waals surface area contributed by atoms with E-state index in [1.54, 1.807) is 37.8 Å². The number of nitrogens with zero attached hydrogens (tertiary/aromatic N) is 3. The predicted molar refractivity (Wildman–Crippen MR) is 87.8 cm³/mol. The second kappa shape index (κ2) is 21.5. The summed E-state index contributed by atoms with van der Waals surface area (Å²) >= 11 is 0. The topological polar surface area (TPSA) is 38.1 Å². The van der Waals surface area contributed by atoms with Crippen LogP contribution in [0.5, 0.6) is 0 Å². The monoisotopic (exact) mass is 263 g/mol. The minimum absolute atomic E-state index is 0.822. The van der Waals surface area contributed by atoms with Crippen LogP contribution in [-0.2, 0) is 0 Å². The van der Waals surface area contributed by atoms with Crippen LogP contribution in [0.4, 0.5) is 0 Å². The number of aryl methyl sites for hydroxylation is 1. The van der Waals surface area contributed by atoms with Crippen molar-refractivity contribution in [3.8, 4) is 0 Å². The SMILES string of the molecule is C=C/C=C(/C)C=NC.CC.CC.Cc1ncccn1. The third-order valence-electron chi connectivity index (χ3n) is 1.41. The molecule has 108 valence electrons. The average molecular weight is 263 g/mol. The maximum absolute atomic E-state index is 3.87. The van der Waals surface area contributed by atoms with Crippen molar-refractivity contribution < 1.29 is 0 Å². The van der Waals surface area contributed by atoms with Crippen molar-refractivity contribution in [1.29, 1.82) is 0 Å². The number of aliphatic imine (C=N–C) groups is 1. The second-order valence-electron chi connectivity index (χ2n) is 2.83. The lowest BCUT2D eigenvalue weighted by Crippen LogP contribution is -1.80. The van der Waals surface area contributed by atoms with E-state index in [-0.39, 0.29) is 0 Å². The van der Waals surface area contributed by atoms with Crippen LogP contribution in [0.15, 0.2) is 47.8 Å². The molecule has 1 aromatic rings.